The lowest BCUT2D eigenvalue weighted by molar-refractivity contribution is 0.830. The van der Waals surface area contributed by atoms with Crippen LogP contribution in [-0.2, 0) is 0 Å². The maximum Gasteiger partial charge on any atom is 0.0702 e. The molecular weight excluding hydrogens is 374 g/mol. The molecule has 1 heterocycles. The molecule has 144 valence electrons. The topological polar surface area (TPSA) is 12.9 Å². The van der Waals surface area contributed by atoms with Crippen LogP contribution in [0.25, 0.3) is 22.0 Å². The van der Waals surface area contributed by atoms with Crippen molar-refractivity contribution in [2.45, 2.75) is 19.3 Å². The molecule has 0 aliphatic carbocycles. The largest absolute Gasteiger partial charge is 0.256 e. The normalized spacial score (nSPS) is 12.0. The molecule has 0 bridgehead atoms. The molecule has 0 spiro atoms. The predicted molar refractivity (Wildman–Crippen MR) is 125 cm³/mol. The third-order valence-electron chi connectivity index (χ3n) is 5.18. The molecule has 4 rings (SSSR count). The van der Waals surface area contributed by atoms with Crippen molar-refractivity contribution < 1.29 is 0 Å². The second-order valence-corrected chi connectivity index (χ2v) is 7.53. The summed E-state index contributed by atoms with van der Waals surface area (Å²) in [4.78, 5) is 4.74. The fraction of sp³-hybridized carbons (Fsp3) is 0.148. The van der Waals surface area contributed by atoms with Gasteiger partial charge in [0, 0.05) is 23.0 Å². The monoisotopic (exact) mass is 397 g/mol. The molecule has 1 nitrogen and oxygen atoms in total. The van der Waals surface area contributed by atoms with Gasteiger partial charge in [-0.2, -0.15) is 0 Å². The molecule has 0 radical (unpaired) electrons. The van der Waals surface area contributed by atoms with Crippen LogP contribution >= 0.6 is 11.6 Å². The van der Waals surface area contributed by atoms with E-state index in [2.05, 4.69) is 84.9 Å². The Labute approximate surface area is 177 Å². The number of pyridine rings is 1. The molecule has 4 aromatic rings. The molecule has 1 aromatic heterocycles. The number of rotatable bonds is 7. The van der Waals surface area contributed by atoms with Gasteiger partial charge in [0.05, 0.1) is 5.52 Å². The molecule has 2 heteroatoms. The summed E-state index contributed by atoms with van der Waals surface area (Å²) in [5, 5.41) is 1.16. The fourth-order valence-corrected chi connectivity index (χ4v) is 3.97. The molecule has 0 aliphatic rings. The highest BCUT2D eigenvalue weighted by Crippen LogP contribution is 2.36. The zero-order chi connectivity index (χ0) is 19.9. The van der Waals surface area contributed by atoms with Crippen molar-refractivity contribution in [2.75, 3.05) is 5.88 Å². The van der Waals surface area contributed by atoms with E-state index < -0.39 is 0 Å². The Hall–Kier alpha value is -2.90. The molecule has 0 fully saturated rings. The maximum absolute atomic E-state index is 5.98. The van der Waals surface area contributed by atoms with Crippen LogP contribution < -0.4 is 0 Å². The molecule has 0 N–H and O–H groups in total. The first kappa shape index (κ1) is 19.4. The van der Waals surface area contributed by atoms with Crippen LogP contribution in [0.15, 0.2) is 97.2 Å². The lowest BCUT2D eigenvalue weighted by Gasteiger charge is -2.18. The van der Waals surface area contributed by atoms with Gasteiger partial charge in [-0.25, -0.2) is 0 Å². The van der Waals surface area contributed by atoms with Gasteiger partial charge in [-0.05, 0) is 53.7 Å². The van der Waals surface area contributed by atoms with Crippen molar-refractivity contribution in [1.29, 1.82) is 0 Å². The number of para-hydroxylation sites is 1. The highest BCUT2D eigenvalue weighted by atomic mass is 35.5. The first-order chi connectivity index (χ1) is 14.4. The lowest BCUT2D eigenvalue weighted by atomic mass is 9.87. The Bertz CT molecular complexity index is 1100. The SMILES string of the molecule is ClCCCC/C(=C(\c1ccccc1)c1cnc2ccccc2c1)c1ccccc1. The minimum Gasteiger partial charge on any atom is -0.256 e. The average molecular weight is 398 g/mol. The molecule has 0 amide bonds. The van der Waals surface area contributed by atoms with Gasteiger partial charge in [0.25, 0.3) is 0 Å². The molecule has 29 heavy (non-hydrogen) atoms. The standard InChI is InChI=1S/C27H24ClN/c28-18-10-9-16-25(21-11-3-1-4-12-21)27(22-13-5-2-6-14-22)24-19-23-15-7-8-17-26(23)29-20-24/h1-8,11-15,17,19-20H,9-10,16,18H2/b27-25-. The summed E-state index contributed by atoms with van der Waals surface area (Å²) >= 11 is 5.98. The van der Waals surface area contributed by atoms with Crippen LogP contribution in [0.2, 0.25) is 0 Å². The quantitative estimate of drug-likeness (QED) is 0.178. The van der Waals surface area contributed by atoms with Crippen LogP contribution in [0.5, 0.6) is 0 Å². The summed E-state index contributed by atoms with van der Waals surface area (Å²) in [5.74, 6) is 0.695. The third-order valence-corrected chi connectivity index (χ3v) is 5.44. The van der Waals surface area contributed by atoms with Gasteiger partial charge in [-0.15, -0.1) is 11.6 Å². The molecule has 0 saturated carbocycles. The number of hydrogen-bond acceptors (Lipinski definition) is 1. The van der Waals surface area contributed by atoms with Crippen molar-refractivity contribution >= 4 is 33.7 Å². The Morgan fingerprint density at radius 3 is 2.07 bits per heavy atom. The van der Waals surface area contributed by atoms with Gasteiger partial charge in [0.1, 0.15) is 0 Å². The molecular formula is C27H24ClN. The first-order valence-corrected chi connectivity index (χ1v) is 10.7. The Balaban J connectivity index is 1.95. The zero-order valence-corrected chi connectivity index (χ0v) is 17.1. The van der Waals surface area contributed by atoms with E-state index in [0.29, 0.717) is 5.88 Å². The van der Waals surface area contributed by atoms with E-state index in [1.807, 2.05) is 12.3 Å². The van der Waals surface area contributed by atoms with E-state index in [4.69, 9.17) is 16.6 Å². The zero-order valence-electron chi connectivity index (χ0n) is 16.4. The van der Waals surface area contributed by atoms with Gasteiger partial charge >= 0.3 is 0 Å². The van der Waals surface area contributed by atoms with Crippen LogP contribution in [0, 0.1) is 0 Å². The predicted octanol–water partition coefficient (Wildman–Crippen LogP) is 7.60. The molecule has 0 saturated heterocycles. The van der Waals surface area contributed by atoms with Crippen molar-refractivity contribution in [1.82, 2.24) is 4.98 Å². The highest BCUT2D eigenvalue weighted by molar-refractivity contribution is 6.17. The summed E-state index contributed by atoms with van der Waals surface area (Å²) in [6.45, 7) is 0. The fourth-order valence-electron chi connectivity index (χ4n) is 3.78. The summed E-state index contributed by atoms with van der Waals surface area (Å²) < 4.78 is 0. The van der Waals surface area contributed by atoms with E-state index in [-0.39, 0.29) is 0 Å². The second-order valence-electron chi connectivity index (χ2n) is 7.15. The molecule has 0 aliphatic heterocycles. The summed E-state index contributed by atoms with van der Waals surface area (Å²) in [6, 6.07) is 31.9. The number of alkyl halides is 1. The minimum atomic E-state index is 0.695. The van der Waals surface area contributed by atoms with E-state index in [1.165, 1.54) is 22.3 Å². The number of allylic oxidation sites excluding steroid dienone is 1. The van der Waals surface area contributed by atoms with E-state index in [1.54, 1.807) is 0 Å². The second kappa shape index (κ2) is 9.54. The van der Waals surface area contributed by atoms with Crippen molar-refractivity contribution in [3.8, 4) is 0 Å². The van der Waals surface area contributed by atoms with Gasteiger partial charge < -0.3 is 0 Å². The van der Waals surface area contributed by atoms with Gasteiger partial charge in [0.2, 0.25) is 0 Å². The number of benzene rings is 3. The Morgan fingerprint density at radius 1 is 0.690 bits per heavy atom. The van der Waals surface area contributed by atoms with Crippen molar-refractivity contribution in [3.05, 3.63) is 114 Å². The number of nitrogens with zero attached hydrogens (tertiary/aromatic N) is 1. The Kier molecular flexibility index (Phi) is 6.38. The van der Waals surface area contributed by atoms with E-state index in [9.17, 15) is 0 Å². The van der Waals surface area contributed by atoms with Gasteiger partial charge in [-0.3, -0.25) is 4.98 Å². The number of fused-ring (bicyclic) bond motifs is 1. The van der Waals surface area contributed by atoms with E-state index >= 15 is 0 Å². The summed E-state index contributed by atoms with van der Waals surface area (Å²) in [5.41, 5.74) is 7.25. The maximum atomic E-state index is 5.98. The van der Waals surface area contributed by atoms with Crippen molar-refractivity contribution in [2.24, 2.45) is 0 Å². The third kappa shape index (κ3) is 4.58. The number of halogens is 1. The van der Waals surface area contributed by atoms with E-state index in [0.717, 1.165) is 35.7 Å². The molecule has 0 unspecified atom stereocenters. The minimum absolute atomic E-state index is 0.695. The van der Waals surface area contributed by atoms with Crippen LogP contribution in [0.3, 0.4) is 0 Å². The number of aromatic nitrogens is 1. The summed E-state index contributed by atoms with van der Waals surface area (Å²) in [6.07, 6.45) is 5.06. The number of hydrogen-bond donors (Lipinski definition) is 0. The molecule has 0 atom stereocenters. The summed E-state index contributed by atoms with van der Waals surface area (Å²) in [7, 11) is 0. The lowest BCUT2D eigenvalue weighted by Crippen LogP contribution is -1.97. The van der Waals surface area contributed by atoms with Crippen molar-refractivity contribution in [3.63, 3.8) is 0 Å². The molecule has 3 aromatic carbocycles. The van der Waals surface area contributed by atoms with Crippen LogP contribution in [-0.4, -0.2) is 10.9 Å². The highest BCUT2D eigenvalue weighted by Gasteiger charge is 2.15. The van der Waals surface area contributed by atoms with Gasteiger partial charge in [0.15, 0.2) is 0 Å². The van der Waals surface area contributed by atoms with Crippen LogP contribution in [0.1, 0.15) is 36.0 Å². The van der Waals surface area contributed by atoms with Gasteiger partial charge in [-0.1, -0.05) is 78.9 Å². The smallest absolute Gasteiger partial charge is 0.0702 e. The van der Waals surface area contributed by atoms with Crippen LogP contribution in [0.4, 0.5) is 0 Å². The Morgan fingerprint density at radius 2 is 1.34 bits per heavy atom. The average Bonchev–Trinajstić information content (AvgIpc) is 2.79. The first-order valence-electron chi connectivity index (χ1n) is 10.1. The number of unbranched alkanes of at least 4 members (excludes halogenated alkanes) is 1.